The highest BCUT2D eigenvalue weighted by Gasteiger charge is 2.08. The molecule has 0 heterocycles. The van der Waals surface area contributed by atoms with Gasteiger partial charge < -0.3 is 4.74 Å². The van der Waals surface area contributed by atoms with E-state index >= 15 is 0 Å². The van der Waals surface area contributed by atoms with Crippen molar-refractivity contribution in [1.82, 2.24) is 0 Å². The van der Waals surface area contributed by atoms with E-state index in [1.807, 2.05) is 25.1 Å². The molecule has 0 unspecified atom stereocenters. The molecule has 2 rings (SSSR count). The van der Waals surface area contributed by atoms with E-state index in [0.717, 1.165) is 10.0 Å². The molecule has 0 atom stereocenters. The zero-order valence-corrected chi connectivity index (χ0v) is 12.7. The fourth-order valence-electron chi connectivity index (χ4n) is 1.59. The molecule has 0 bridgehead atoms. The van der Waals surface area contributed by atoms with Crippen molar-refractivity contribution in [2.24, 2.45) is 0 Å². The van der Waals surface area contributed by atoms with Crippen LogP contribution in [0.15, 0.2) is 46.9 Å². The van der Waals surface area contributed by atoms with Gasteiger partial charge in [-0.1, -0.05) is 17.7 Å². The molecular formula is C15H12BrClO2. The Hall–Kier alpha value is -1.32. The zero-order chi connectivity index (χ0) is 13.8. The molecule has 0 aliphatic carbocycles. The van der Waals surface area contributed by atoms with Crippen molar-refractivity contribution in [3.05, 3.63) is 63.1 Å². The molecule has 2 nitrogen and oxygen atoms in total. The van der Waals surface area contributed by atoms with Crippen LogP contribution in [0.2, 0.25) is 5.02 Å². The number of halogens is 2. The molecule has 0 saturated heterocycles. The van der Waals surface area contributed by atoms with E-state index in [9.17, 15) is 4.79 Å². The summed E-state index contributed by atoms with van der Waals surface area (Å²) < 4.78 is 6.35. The second-order valence-corrected chi connectivity index (χ2v) is 5.44. The number of rotatable bonds is 4. The lowest BCUT2D eigenvalue weighted by Gasteiger charge is -2.08. The normalized spacial score (nSPS) is 10.3. The maximum absolute atomic E-state index is 11.9. The second-order valence-electron chi connectivity index (χ2n) is 4.15. The molecule has 98 valence electrons. The molecule has 0 radical (unpaired) electrons. The lowest BCUT2D eigenvalue weighted by molar-refractivity contribution is 0.0921. The van der Waals surface area contributed by atoms with E-state index in [4.69, 9.17) is 16.3 Å². The lowest BCUT2D eigenvalue weighted by Crippen LogP contribution is -2.11. The third-order valence-electron chi connectivity index (χ3n) is 2.61. The van der Waals surface area contributed by atoms with Gasteiger partial charge in [0, 0.05) is 10.6 Å². The molecule has 0 aliphatic rings. The maximum atomic E-state index is 11.9. The van der Waals surface area contributed by atoms with Gasteiger partial charge in [-0.15, -0.1) is 0 Å². The Balaban J connectivity index is 2.02. The number of hydrogen-bond acceptors (Lipinski definition) is 2. The van der Waals surface area contributed by atoms with Crippen LogP contribution >= 0.6 is 27.5 Å². The molecule has 0 spiro atoms. The lowest BCUT2D eigenvalue weighted by atomic mass is 10.1. The average Bonchev–Trinajstić information content (AvgIpc) is 2.38. The Morgan fingerprint density at radius 3 is 2.53 bits per heavy atom. The standard InChI is InChI=1S/C15H12BrClO2/c1-10-2-7-15(13(16)8-10)19-9-14(18)11-3-5-12(17)6-4-11/h2-8H,9H2,1H3. The Morgan fingerprint density at radius 2 is 1.89 bits per heavy atom. The highest BCUT2D eigenvalue weighted by molar-refractivity contribution is 9.10. The number of ketones is 1. The molecule has 0 fully saturated rings. The summed E-state index contributed by atoms with van der Waals surface area (Å²) in [5, 5.41) is 0.610. The summed E-state index contributed by atoms with van der Waals surface area (Å²) in [5.74, 6) is 0.581. The van der Waals surface area contributed by atoms with E-state index in [1.165, 1.54) is 0 Å². The summed E-state index contributed by atoms with van der Waals surface area (Å²) in [6, 6.07) is 12.5. The van der Waals surface area contributed by atoms with E-state index < -0.39 is 0 Å². The van der Waals surface area contributed by atoms with Crippen LogP contribution in [0.4, 0.5) is 0 Å². The maximum Gasteiger partial charge on any atom is 0.200 e. The Labute approximate surface area is 125 Å². The number of ether oxygens (including phenoxy) is 1. The molecule has 0 N–H and O–H groups in total. The van der Waals surface area contributed by atoms with Crippen LogP contribution in [0.1, 0.15) is 15.9 Å². The molecule has 0 aliphatic heterocycles. The largest absolute Gasteiger partial charge is 0.484 e. The first-order valence-corrected chi connectivity index (χ1v) is 6.91. The van der Waals surface area contributed by atoms with Gasteiger partial charge in [-0.2, -0.15) is 0 Å². The van der Waals surface area contributed by atoms with Gasteiger partial charge in [0.2, 0.25) is 0 Å². The monoisotopic (exact) mass is 338 g/mol. The summed E-state index contributed by atoms with van der Waals surface area (Å²) in [5.41, 5.74) is 1.72. The van der Waals surface area contributed by atoms with Gasteiger partial charge in [0.05, 0.1) is 4.47 Å². The van der Waals surface area contributed by atoms with Crippen molar-refractivity contribution in [1.29, 1.82) is 0 Å². The molecule has 2 aromatic rings. The third-order valence-corrected chi connectivity index (χ3v) is 3.48. The molecule has 2 aromatic carbocycles. The number of carbonyl (C=O) groups is 1. The minimum absolute atomic E-state index is 0.00327. The van der Waals surface area contributed by atoms with Crippen molar-refractivity contribution in [2.75, 3.05) is 6.61 Å². The SMILES string of the molecule is Cc1ccc(OCC(=O)c2ccc(Cl)cc2)c(Br)c1. The van der Waals surface area contributed by atoms with E-state index in [2.05, 4.69) is 15.9 Å². The Bertz CT molecular complexity index is 594. The van der Waals surface area contributed by atoms with Crippen molar-refractivity contribution in [2.45, 2.75) is 6.92 Å². The summed E-state index contributed by atoms with van der Waals surface area (Å²) in [4.78, 5) is 11.9. The van der Waals surface area contributed by atoms with Crippen molar-refractivity contribution >= 4 is 33.3 Å². The van der Waals surface area contributed by atoms with Crippen molar-refractivity contribution in [3.63, 3.8) is 0 Å². The summed E-state index contributed by atoms with van der Waals surface area (Å²) in [7, 11) is 0. The van der Waals surface area contributed by atoms with Crippen LogP contribution in [-0.4, -0.2) is 12.4 Å². The van der Waals surface area contributed by atoms with Crippen LogP contribution in [0.3, 0.4) is 0 Å². The van der Waals surface area contributed by atoms with Crippen LogP contribution in [0.25, 0.3) is 0 Å². The number of Topliss-reactive ketones (excluding diaryl/α,β-unsaturated/α-hetero) is 1. The van der Waals surface area contributed by atoms with Gasteiger partial charge in [0.15, 0.2) is 12.4 Å². The first-order valence-electron chi connectivity index (χ1n) is 5.74. The number of benzene rings is 2. The molecule has 0 aromatic heterocycles. The first kappa shape index (κ1) is 14.1. The quantitative estimate of drug-likeness (QED) is 0.757. The van der Waals surface area contributed by atoms with Gasteiger partial charge in [-0.25, -0.2) is 0 Å². The van der Waals surface area contributed by atoms with E-state index in [1.54, 1.807) is 24.3 Å². The smallest absolute Gasteiger partial charge is 0.200 e. The summed E-state index contributed by atoms with van der Waals surface area (Å²) >= 11 is 9.19. The van der Waals surface area contributed by atoms with Gasteiger partial charge in [-0.3, -0.25) is 4.79 Å². The minimum atomic E-state index is -0.0795. The predicted molar refractivity (Wildman–Crippen MR) is 80.2 cm³/mol. The van der Waals surface area contributed by atoms with Crippen LogP contribution < -0.4 is 4.74 Å². The summed E-state index contributed by atoms with van der Waals surface area (Å²) in [6.45, 7) is 2.00. The van der Waals surface area contributed by atoms with Crippen LogP contribution in [0, 0.1) is 6.92 Å². The van der Waals surface area contributed by atoms with Crippen molar-refractivity contribution in [3.8, 4) is 5.75 Å². The Morgan fingerprint density at radius 1 is 1.21 bits per heavy atom. The zero-order valence-electron chi connectivity index (χ0n) is 10.3. The molecule has 4 heteroatoms. The van der Waals surface area contributed by atoms with E-state index in [0.29, 0.717) is 16.3 Å². The third kappa shape index (κ3) is 3.82. The summed E-state index contributed by atoms with van der Waals surface area (Å²) in [6.07, 6.45) is 0. The van der Waals surface area contributed by atoms with Crippen LogP contribution in [0.5, 0.6) is 5.75 Å². The predicted octanol–water partition coefficient (Wildman–Crippen LogP) is 4.67. The average molecular weight is 340 g/mol. The number of carbonyl (C=O) groups excluding carboxylic acids is 1. The van der Waals surface area contributed by atoms with Crippen molar-refractivity contribution < 1.29 is 9.53 Å². The van der Waals surface area contributed by atoms with Crippen LogP contribution in [-0.2, 0) is 0 Å². The van der Waals surface area contributed by atoms with Gasteiger partial charge >= 0.3 is 0 Å². The highest BCUT2D eigenvalue weighted by atomic mass is 79.9. The Kier molecular flexibility index (Phi) is 4.61. The molecule has 19 heavy (non-hydrogen) atoms. The fraction of sp³-hybridized carbons (Fsp3) is 0.133. The molecule has 0 saturated carbocycles. The van der Waals surface area contributed by atoms with Gasteiger partial charge in [0.1, 0.15) is 5.75 Å². The molecular weight excluding hydrogens is 328 g/mol. The molecule has 0 amide bonds. The second kappa shape index (κ2) is 6.22. The van der Waals surface area contributed by atoms with E-state index in [-0.39, 0.29) is 12.4 Å². The topological polar surface area (TPSA) is 26.3 Å². The first-order chi connectivity index (χ1) is 9.06. The van der Waals surface area contributed by atoms with Gasteiger partial charge in [-0.05, 0) is 64.8 Å². The minimum Gasteiger partial charge on any atom is -0.484 e. The highest BCUT2D eigenvalue weighted by Crippen LogP contribution is 2.25. The number of hydrogen-bond donors (Lipinski definition) is 0. The number of aryl methyl sites for hydroxylation is 1. The fourth-order valence-corrected chi connectivity index (χ4v) is 2.32. The van der Waals surface area contributed by atoms with Gasteiger partial charge in [0.25, 0.3) is 0 Å².